The molecule has 6 amide bonds. The Bertz CT molecular complexity index is 3450. The first-order valence-electron chi connectivity index (χ1n) is 40.0. The van der Waals surface area contributed by atoms with Crippen LogP contribution in [-0.4, -0.2) is 225 Å². The van der Waals surface area contributed by atoms with Gasteiger partial charge in [0.2, 0.25) is 35.4 Å². The zero-order valence-corrected chi connectivity index (χ0v) is 70.5. The Morgan fingerprint density at radius 1 is 0.305 bits per heavy atom. The highest BCUT2D eigenvalue weighted by Crippen LogP contribution is 2.24. The number of aliphatic imine (C=N–C) groups is 8. The zero-order valence-electron chi connectivity index (χ0n) is 69.7. The summed E-state index contributed by atoms with van der Waals surface area (Å²) in [6.45, 7) is 8.47. The van der Waals surface area contributed by atoms with Crippen LogP contribution in [0.3, 0.4) is 0 Å². The maximum Gasteiger partial charge on any atom is 0.224 e. The van der Waals surface area contributed by atoms with Crippen LogP contribution >= 0.6 is 11.8 Å². The monoisotopic (exact) mass is 1690 g/mol. The van der Waals surface area contributed by atoms with Gasteiger partial charge in [-0.15, -0.1) is 0 Å². The van der Waals surface area contributed by atoms with Crippen LogP contribution in [0.1, 0.15) is 195 Å². The first-order chi connectivity index (χ1) is 55.6. The number of carbonyl (C=O) groups is 13. The number of thioether (sulfide) groups is 1. The smallest absolute Gasteiger partial charge is 0.224 e. The van der Waals surface area contributed by atoms with Gasteiger partial charge in [-0.05, 0) is 121 Å². The topological polar surface area (TPSA) is 809 Å². The Morgan fingerprint density at radius 3 is 0.847 bits per heavy atom. The normalized spacial score (nSPS) is 13.7. The van der Waals surface area contributed by atoms with E-state index in [0.717, 1.165) is 0 Å². The number of guanidine groups is 8. The third kappa shape index (κ3) is 51.9. The predicted octanol–water partition coefficient (Wildman–Crippen LogP) is -4.77. The molecule has 0 aliphatic rings. The molecule has 0 aliphatic heterocycles. The molecule has 44 heteroatoms. The molecule has 0 rings (SSSR count). The quantitative estimate of drug-likeness (QED) is 0.0154. The number of nitrogens with zero attached hydrogens (tertiary/aromatic N) is 8. The Kier molecular flexibility index (Phi) is 55.7. The number of hydrogen-bond acceptors (Lipinski definition) is 22. The van der Waals surface area contributed by atoms with Crippen LogP contribution in [0.25, 0.3) is 0 Å². The zero-order chi connectivity index (χ0) is 89.4. The molecular formula is C74H138N30O13S. The second kappa shape index (κ2) is 61.4. The molecule has 0 saturated heterocycles. The van der Waals surface area contributed by atoms with Gasteiger partial charge in [0.1, 0.15) is 5.78 Å². The second-order valence-electron chi connectivity index (χ2n) is 29.6. The molecule has 0 aliphatic carbocycles. The summed E-state index contributed by atoms with van der Waals surface area (Å²) in [5.41, 5.74) is 89.9. The van der Waals surface area contributed by atoms with E-state index in [1.54, 1.807) is 13.2 Å². The Morgan fingerprint density at radius 2 is 0.576 bits per heavy atom. The van der Waals surface area contributed by atoms with Crippen molar-refractivity contribution in [3.05, 3.63) is 0 Å². The standard InChI is InChI=1S/C74H138N30O13S/c1-7-55(106)50(20-12-30-95-71(83)84)101-64(115)46(17-9-27-92-68(77)78)37-59(110)52(22-14-32-97-73(87)88)103-66(117)48(19-11-29-94-70(81)82)39-60(111)53(23-15-33-98-74(89)90)104-65(116)47(18-10-28-93-69(79)80)38-58(109)51(21-13-31-96-72(85)86)102-63(114)45(16-8-26-91-67(75)76)36-49(105)40-99-62(113)44(5)35-57(108)54(41-118-6)100-61(112)25-24-56(107)43(4)34-42(2)3/h42-48,50-54H,7-41H2,1-6H3,(H,99,113)(H,100,112)(H,101,115)(H,102,114)(H,103,117)(H,104,116)(H4,75,76,91)(H4,77,78,92)(H4,79,80,93)(H4,81,82,94)(H4,83,84,95)(H4,85,86,96)(H4,87,88,97)(H4,89,90,98)/t43-,44+,45-,46-,47-,48-,50+,51+,52+,53+,54-/m0/s1. The van der Waals surface area contributed by atoms with E-state index in [0.29, 0.717) is 12.8 Å². The Hall–Kier alpha value is -11.0. The minimum Gasteiger partial charge on any atom is -0.370 e. The van der Waals surface area contributed by atoms with Crippen LogP contribution in [-0.2, 0) is 62.3 Å². The summed E-state index contributed by atoms with van der Waals surface area (Å²) < 4.78 is 0. The molecule has 0 aromatic heterocycles. The number of rotatable bonds is 68. The average molecular weight is 1690 g/mol. The van der Waals surface area contributed by atoms with Crippen molar-refractivity contribution >= 4 is 135 Å². The molecule has 43 nitrogen and oxygen atoms in total. The second-order valence-corrected chi connectivity index (χ2v) is 30.5. The number of carbonyl (C=O) groups excluding carboxylic acids is 13. The molecule has 118 heavy (non-hydrogen) atoms. The molecule has 0 aromatic rings. The summed E-state index contributed by atoms with van der Waals surface area (Å²) in [5, 5.41) is 16.4. The summed E-state index contributed by atoms with van der Waals surface area (Å²) in [4.78, 5) is 216. The maximum atomic E-state index is 15.1. The number of nitrogens with one attached hydrogen (secondary N) is 6. The van der Waals surface area contributed by atoms with Gasteiger partial charge in [-0.1, -0.05) is 34.6 Å². The van der Waals surface area contributed by atoms with Crippen LogP contribution in [0.4, 0.5) is 0 Å². The molecule has 0 saturated carbocycles. The van der Waals surface area contributed by atoms with E-state index in [-0.39, 0.29) is 251 Å². The van der Waals surface area contributed by atoms with E-state index >= 15 is 14.4 Å². The minimum atomic E-state index is -1.42. The van der Waals surface area contributed by atoms with Crippen molar-refractivity contribution in [2.24, 2.45) is 173 Å². The van der Waals surface area contributed by atoms with E-state index in [4.69, 9.17) is 91.7 Å². The number of amides is 6. The van der Waals surface area contributed by atoms with Crippen molar-refractivity contribution in [3.63, 3.8) is 0 Å². The molecule has 668 valence electrons. The van der Waals surface area contributed by atoms with Crippen LogP contribution in [0.15, 0.2) is 39.9 Å². The fraction of sp³-hybridized carbons (Fsp3) is 0.716. The van der Waals surface area contributed by atoms with Gasteiger partial charge in [-0.25, -0.2) is 0 Å². The molecule has 0 aromatic carbocycles. The Labute approximate surface area is 696 Å². The fourth-order valence-corrected chi connectivity index (χ4v) is 13.1. The van der Waals surface area contributed by atoms with Gasteiger partial charge in [0.15, 0.2) is 82.4 Å². The summed E-state index contributed by atoms with van der Waals surface area (Å²) >= 11 is 1.29. The molecule has 0 spiro atoms. The number of Topliss-reactive ketones (excluding diaryl/α,β-unsaturated/α-hetero) is 7. The fourth-order valence-electron chi connectivity index (χ4n) is 12.5. The van der Waals surface area contributed by atoms with E-state index in [1.165, 1.54) is 18.7 Å². The van der Waals surface area contributed by atoms with Gasteiger partial charge in [-0.3, -0.25) is 102 Å². The molecule has 0 heterocycles. The predicted molar refractivity (Wildman–Crippen MR) is 460 cm³/mol. The van der Waals surface area contributed by atoms with Crippen molar-refractivity contribution in [3.8, 4) is 0 Å². The molecule has 38 N–H and O–H groups in total. The third-order valence-electron chi connectivity index (χ3n) is 18.7. The van der Waals surface area contributed by atoms with Gasteiger partial charge in [0.25, 0.3) is 0 Å². The van der Waals surface area contributed by atoms with E-state index in [1.807, 2.05) is 20.8 Å². The number of ketones is 7. The highest BCUT2D eigenvalue weighted by atomic mass is 32.2. The lowest BCUT2D eigenvalue weighted by Crippen LogP contribution is -2.49. The molecular weight excluding hydrogens is 1550 g/mol. The van der Waals surface area contributed by atoms with Crippen molar-refractivity contribution < 1.29 is 62.3 Å². The van der Waals surface area contributed by atoms with E-state index in [9.17, 15) is 47.9 Å². The van der Waals surface area contributed by atoms with Gasteiger partial charge < -0.3 is 124 Å². The first kappa shape index (κ1) is 107. The molecule has 0 fully saturated rings. The molecule has 0 unspecified atom stereocenters. The Balaban J connectivity index is 7.69. The lowest BCUT2D eigenvalue weighted by molar-refractivity contribution is -0.136. The lowest BCUT2D eigenvalue weighted by Gasteiger charge is -2.27. The minimum absolute atomic E-state index is 0.00248. The molecule has 0 bridgehead atoms. The van der Waals surface area contributed by atoms with Gasteiger partial charge in [-0.2, -0.15) is 11.8 Å². The van der Waals surface area contributed by atoms with E-state index < -0.39 is 156 Å². The highest BCUT2D eigenvalue weighted by molar-refractivity contribution is 7.98. The van der Waals surface area contributed by atoms with Crippen LogP contribution < -0.4 is 124 Å². The molecule has 11 atom stereocenters. The average Bonchev–Trinajstić information content (AvgIpc) is 0.869. The highest BCUT2D eigenvalue weighted by Gasteiger charge is 2.36. The van der Waals surface area contributed by atoms with E-state index in [2.05, 4.69) is 71.8 Å². The summed E-state index contributed by atoms with van der Waals surface area (Å²) in [5.74, 6) is -15.3. The van der Waals surface area contributed by atoms with Crippen molar-refractivity contribution in [1.29, 1.82) is 0 Å². The lowest BCUT2D eigenvalue weighted by atomic mass is 9.88. The van der Waals surface area contributed by atoms with Crippen molar-refractivity contribution in [2.45, 2.75) is 225 Å². The largest absolute Gasteiger partial charge is 0.370 e. The summed E-state index contributed by atoms with van der Waals surface area (Å²) in [6, 6.07) is -6.10. The molecule has 0 radical (unpaired) electrons. The van der Waals surface area contributed by atoms with Crippen molar-refractivity contribution in [1.82, 2.24) is 31.9 Å². The maximum absolute atomic E-state index is 15.1. The van der Waals surface area contributed by atoms with Crippen LogP contribution in [0.2, 0.25) is 0 Å². The summed E-state index contributed by atoms with van der Waals surface area (Å²) in [6.07, 6.45) is 0.682. The van der Waals surface area contributed by atoms with Gasteiger partial charge in [0.05, 0.1) is 36.8 Å². The van der Waals surface area contributed by atoms with Gasteiger partial charge >= 0.3 is 0 Å². The first-order valence-corrected chi connectivity index (χ1v) is 41.4. The van der Waals surface area contributed by atoms with Crippen LogP contribution in [0.5, 0.6) is 0 Å². The number of hydrogen-bond donors (Lipinski definition) is 22. The SMILES string of the molecule is CCC(=O)[C@@H](CCCN=C(N)N)NC(=O)[C@@H](CCCN=C(N)N)CC(=O)[C@@H](CCCN=C(N)N)NC(=O)[C@@H](CCCN=C(N)N)CC(=O)[C@@H](CCCN=C(N)N)NC(=O)[C@@H](CCCN=C(N)N)CC(=O)[C@@H](CCCN=C(N)N)NC(=O)[C@@H](CCCN=C(N)N)CC(=O)CNC(=O)[C@H](C)CC(=O)[C@H](CSC)NC(=O)CCC(=O)[C@@H](C)CC(C)C. The summed E-state index contributed by atoms with van der Waals surface area (Å²) in [7, 11) is 0. The van der Waals surface area contributed by atoms with Crippen molar-refractivity contribution in [2.75, 3.05) is 70.9 Å². The van der Waals surface area contributed by atoms with Gasteiger partial charge in [0, 0.05) is 145 Å². The van der Waals surface area contributed by atoms with Crippen LogP contribution in [0, 0.1) is 41.4 Å². The number of nitrogens with two attached hydrogens (primary N) is 16. The third-order valence-corrected chi connectivity index (χ3v) is 19.4.